The lowest BCUT2D eigenvalue weighted by Crippen LogP contribution is -2.38. The van der Waals surface area contributed by atoms with E-state index < -0.39 is 5.69 Å². The third kappa shape index (κ3) is 5.40. The first-order valence-corrected chi connectivity index (χ1v) is 11.9. The fourth-order valence-corrected chi connectivity index (χ4v) is 4.48. The van der Waals surface area contributed by atoms with Gasteiger partial charge < -0.3 is 14.8 Å². The molecule has 2 N–H and O–H groups in total. The van der Waals surface area contributed by atoms with Gasteiger partial charge in [0.15, 0.2) is 17.3 Å². The molecule has 1 aliphatic rings. The van der Waals surface area contributed by atoms with Crippen LogP contribution in [0.15, 0.2) is 52.1 Å². The van der Waals surface area contributed by atoms with Crippen LogP contribution < -0.4 is 26.0 Å². The summed E-state index contributed by atoms with van der Waals surface area (Å²) in [4.78, 5) is 51.6. The van der Waals surface area contributed by atoms with Crippen molar-refractivity contribution in [1.29, 1.82) is 0 Å². The number of nitrogens with one attached hydrogen (secondary N) is 2. The quantitative estimate of drug-likeness (QED) is 0.444. The standard InChI is InChI=1S/C27H29N3O6/c1-35-23-12-11-19(15-24(23)36-2)17-7-9-18(10-8-17)22(31)16-28-25(32)13-14-30-21-6-4-3-5-20(21)26(33)29-27(30)34/h7-12,15H,3-6,13-14,16H2,1-2H3,(H,28,32)(H,29,33,34). The number of rotatable bonds is 9. The van der Waals surface area contributed by atoms with Gasteiger partial charge in [-0.3, -0.25) is 23.9 Å². The summed E-state index contributed by atoms with van der Waals surface area (Å²) in [6.07, 6.45) is 3.13. The van der Waals surface area contributed by atoms with E-state index in [4.69, 9.17) is 9.47 Å². The Morgan fingerprint density at radius 3 is 2.36 bits per heavy atom. The minimum Gasteiger partial charge on any atom is -0.493 e. The summed E-state index contributed by atoms with van der Waals surface area (Å²) < 4.78 is 12.1. The van der Waals surface area contributed by atoms with Crippen LogP contribution in [-0.2, 0) is 24.2 Å². The lowest BCUT2D eigenvalue weighted by Gasteiger charge is -2.19. The molecule has 1 amide bonds. The second-order valence-electron chi connectivity index (χ2n) is 8.64. The van der Waals surface area contributed by atoms with Crippen LogP contribution >= 0.6 is 0 Å². The maximum absolute atomic E-state index is 12.6. The number of ether oxygens (including phenoxy) is 2. The summed E-state index contributed by atoms with van der Waals surface area (Å²) in [6.45, 7) is 0.00512. The van der Waals surface area contributed by atoms with Crippen molar-refractivity contribution in [3.8, 4) is 22.6 Å². The molecule has 2 aromatic carbocycles. The van der Waals surface area contributed by atoms with Crippen LogP contribution in [-0.4, -0.2) is 42.0 Å². The van der Waals surface area contributed by atoms with Crippen LogP contribution in [0.25, 0.3) is 11.1 Å². The maximum Gasteiger partial charge on any atom is 0.328 e. The molecular formula is C27H29N3O6. The smallest absolute Gasteiger partial charge is 0.328 e. The lowest BCUT2D eigenvalue weighted by atomic mass is 9.97. The molecular weight excluding hydrogens is 462 g/mol. The predicted octanol–water partition coefficient (Wildman–Crippen LogP) is 2.49. The van der Waals surface area contributed by atoms with Crippen LogP contribution in [0.1, 0.15) is 40.9 Å². The molecule has 0 radical (unpaired) electrons. The van der Waals surface area contributed by atoms with Gasteiger partial charge in [0.05, 0.1) is 20.8 Å². The molecule has 0 atom stereocenters. The van der Waals surface area contributed by atoms with E-state index in [2.05, 4.69) is 10.3 Å². The van der Waals surface area contributed by atoms with E-state index in [0.29, 0.717) is 41.2 Å². The Kier molecular flexibility index (Phi) is 7.68. The zero-order chi connectivity index (χ0) is 25.7. The molecule has 0 spiro atoms. The molecule has 188 valence electrons. The van der Waals surface area contributed by atoms with E-state index in [0.717, 1.165) is 24.0 Å². The van der Waals surface area contributed by atoms with Crippen LogP contribution in [0.2, 0.25) is 0 Å². The number of fused-ring (bicyclic) bond motifs is 1. The van der Waals surface area contributed by atoms with Crippen molar-refractivity contribution in [3.05, 3.63) is 80.1 Å². The largest absolute Gasteiger partial charge is 0.493 e. The number of carbonyl (C=O) groups excluding carboxylic acids is 2. The van der Waals surface area contributed by atoms with Gasteiger partial charge in [0.25, 0.3) is 5.56 Å². The Balaban J connectivity index is 1.34. The normalized spacial score (nSPS) is 12.5. The summed E-state index contributed by atoms with van der Waals surface area (Å²) in [5.74, 6) is 0.686. The number of carbonyl (C=O) groups is 2. The van der Waals surface area contributed by atoms with Gasteiger partial charge in [0.1, 0.15) is 0 Å². The van der Waals surface area contributed by atoms with Gasteiger partial charge in [-0.25, -0.2) is 4.79 Å². The van der Waals surface area contributed by atoms with Gasteiger partial charge in [-0.05, 0) is 48.9 Å². The fourth-order valence-electron chi connectivity index (χ4n) is 4.48. The van der Waals surface area contributed by atoms with E-state index in [1.807, 2.05) is 30.3 Å². The van der Waals surface area contributed by atoms with Gasteiger partial charge in [-0.15, -0.1) is 0 Å². The summed E-state index contributed by atoms with van der Waals surface area (Å²) >= 11 is 0. The third-order valence-corrected chi connectivity index (χ3v) is 6.44. The average molecular weight is 492 g/mol. The van der Waals surface area contributed by atoms with E-state index >= 15 is 0 Å². The Morgan fingerprint density at radius 1 is 0.944 bits per heavy atom. The molecule has 0 saturated carbocycles. The Morgan fingerprint density at radius 2 is 1.64 bits per heavy atom. The third-order valence-electron chi connectivity index (χ3n) is 6.44. The molecule has 1 aromatic heterocycles. The number of aromatic nitrogens is 2. The highest BCUT2D eigenvalue weighted by molar-refractivity contribution is 5.99. The number of hydrogen-bond donors (Lipinski definition) is 2. The van der Waals surface area contributed by atoms with Crippen molar-refractivity contribution in [2.45, 2.75) is 38.6 Å². The topological polar surface area (TPSA) is 119 Å². The monoisotopic (exact) mass is 491 g/mol. The van der Waals surface area contributed by atoms with Crippen molar-refractivity contribution in [2.75, 3.05) is 20.8 Å². The second-order valence-corrected chi connectivity index (χ2v) is 8.64. The maximum atomic E-state index is 12.6. The first-order chi connectivity index (χ1) is 17.4. The molecule has 9 nitrogen and oxygen atoms in total. The van der Waals surface area contributed by atoms with Crippen LogP contribution in [0.5, 0.6) is 11.5 Å². The van der Waals surface area contributed by atoms with Crippen molar-refractivity contribution < 1.29 is 19.1 Å². The number of hydrogen-bond acceptors (Lipinski definition) is 6. The number of amides is 1. The molecule has 9 heteroatoms. The van der Waals surface area contributed by atoms with E-state index in [1.165, 1.54) is 4.57 Å². The Labute approximate surface area is 208 Å². The first kappa shape index (κ1) is 25.0. The molecule has 36 heavy (non-hydrogen) atoms. The summed E-state index contributed by atoms with van der Waals surface area (Å²) in [7, 11) is 3.15. The van der Waals surface area contributed by atoms with Gasteiger partial charge in [0.2, 0.25) is 5.91 Å². The van der Waals surface area contributed by atoms with Gasteiger partial charge in [0, 0.05) is 29.8 Å². The van der Waals surface area contributed by atoms with Crippen molar-refractivity contribution in [1.82, 2.24) is 14.9 Å². The molecule has 4 rings (SSSR count). The van der Waals surface area contributed by atoms with E-state index in [1.54, 1.807) is 26.4 Å². The van der Waals surface area contributed by atoms with Crippen LogP contribution in [0.3, 0.4) is 0 Å². The highest BCUT2D eigenvalue weighted by Gasteiger charge is 2.19. The number of H-pyrrole nitrogens is 1. The van der Waals surface area contributed by atoms with Gasteiger partial charge >= 0.3 is 5.69 Å². The SMILES string of the molecule is COc1ccc(-c2ccc(C(=O)CNC(=O)CCn3c4c(c(=O)[nH]c3=O)CCCC4)cc2)cc1OC. The van der Waals surface area contributed by atoms with Gasteiger partial charge in [-0.2, -0.15) is 0 Å². The molecule has 0 fully saturated rings. The fraction of sp³-hybridized carbons (Fsp3) is 0.333. The number of nitrogens with zero attached hydrogens (tertiary/aromatic N) is 1. The lowest BCUT2D eigenvalue weighted by molar-refractivity contribution is -0.121. The number of Topliss-reactive ketones (excluding diaryl/α,β-unsaturated/α-hetero) is 1. The van der Waals surface area contributed by atoms with E-state index in [9.17, 15) is 19.2 Å². The summed E-state index contributed by atoms with van der Waals surface area (Å²) in [5.41, 5.74) is 2.81. The molecule has 3 aromatic rings. The number of methoxy groups -OCH3 is 2. The van der Waals surface area contributed by atoms with Gasteiger partial charge in [-0.1, -0.05) is 30.3 Å². The number of aromatic amines is 1. The predicted molar refractivity (Wildman–Crippen MR) is 135 cm³/mol. The average Bonchev–Trinajstić information content (AvgIpc) is 2.91. The zero-order valence-electron chi connectivity index (χ0n) is 20.4. The molecule has 1 heterocycles. The van der Waals surface area contributed by atoms with Crippen molar-refractivity contribution in [2.24, 2.45) is 0 Å². The minimum absolute atomic E-state index is 0.0317. The van der Waals surface area contributed by atoms with Crippen LogP contribution in [0.4, 0.5) is 0 Å². The Bertz CT molecular complexity index is 1390. The van der Waals surface area contributed by atoms with Crippen LogP contribution in [0, 0.1) is 0 Å². The molecule has 1 aliphatic carbocycles. The number of ketones is 1. The Hall–Kier alpha value is -4.14. The molecule has 0 bridgehead atoms. The molecule has 0 unspecified atom stereocenters. The van der Waals surface area contributed by atoms with E-state index in [-0.39, 0.29) is 36.8 Å². The summed E-state index contributed by atoms with van der Waals surface area (Å²) in [5, 5.41) is 2.63. The van der Waals surface area contributed by atoms with Crippen molar-refractivity contribution in [3.63, 3.8) is 0 Å². The zero-order valence-corrected chi connectivity index (χ0v) is 20.4. The molecule has 0 aliphatic heterocycles. The second kappa shape index (κ2) is 11.1. The summed E-state index contributed by atoms with van der Waals surface area (Å²) in [6, 6.07) is 12.7. The number of benzene rings is 2. The minimum atomic E-state index is -0.501. The first-order valence-electron chi connectivity index (χ1n) is 11.9. The molecule has 0 saturated heterocycles. The highest BCUT2D eigenvalue weighted by atomic mass is 16.5. The highest BCUT2D eigenvalue weighted by Crippen LogP contribution is 2.32. The van der Waals surface area contributed by atoms with Crippen molar-refractivity contribution >= 4 is 11.7 Å².